The van der Waals surface area contributed by atoms with Gasteiger partial charge in [0.2, 0.25) is 0 Å². The number of phenolic OH excluding ortho intramolecular Hbond substituents is 3. The number of halogens is 6. The number of rotatable bonds is 5. The highest BCUT2D eigenvalue weighted by atomic mass is 19.2. The van der Waals surface area contributed by atoms with Gasteiger partial charge in [0, 0.05) is 29.7 Å². The molecule has 0 saturated carbocycles. The molecule has 222 valence electrons. The van der Waals surface area contributed by atoms with E-state index in [9.17, 15) is 51.3 Å². The predicted molar refractivity (Wildman–Crippen MR) is 132 cm³/mol. The quantitative estimate of drug-likeness (QED) is 0.0863. The summed E-state index contributed by atoms with van der Waals surface area (Å²) in [6.45, 7) is 0. The fourth-order valence-corrected chi connectivity index (χ4v) is 4.34. The van der Waals surface area contributed by atoms with Crippen LogP contribution in [0.1, 0.15) is 37.9 Å². The van der Waals surface area contributed by atoms with Crippen LogP contribution in [0.4, 0.5) is 26.3 Å². The molecule has 1 aliphatic rings. The summed E-state index contributed by atoms with van der Waals surface area (Å²) in [5.41, 5.74) is -1.38. The Morgan fingerprint density at radius 2 is 1.28 bits per heavy atom. The standard InChI is InChI=1S/C29H16F6O8/c30-16-3-12(4-17(31)25(16)34)28(39)42-23-9-14(36)8-22-15(23)10-24(27(41-22)11-1-2-20(37)21(38)7-11)43-29(40)13-5-18(32)26(35)19(33)6-13/h1-9,24,27,36-38H,10H2/t24-,27+/m0/s1. The van der Waals surface area contributed by atoms with Crippen molar-refractivity contribution in [2.75, 3.05) is 0 Å². The monoisotopic (exact) mass is 606 g/mol. The summed E-state index contributed by atoms with van der Waals surface area (Å²) in [6.07, 6.45) is -3.14. The molecule has 0 saturated heterocycles. The highest BCUT2D eigenvalue weighted by Gasteiger charge is 2.38. The third-order valence-corrected chi connectivity index (χ3v) is 6.38. The first-order valence-electron chi connectivity index (χ1n) is 12.1. The maximum absolute atomic E-state index is 13.8. The maximum atomic E-state index is 13.8. The average Bonchev–Trinajstić information content (AvgIpc) is 2.95. The summed E-state index contributed by atoms with van der Waals surface area (Å²) in [6, 6.07) is 6.99. The van der Waals surface area contributed by atoms with Gasteiger partial charge in [0.1, 0.15) is 23.4 Å². The van der Waals surface area contributed by atoms with Crippen molar-refractivity contribution in [2.24, 2.45) is 0 Å². The van der Waals surface area contributed by atoms with E-state index in [-0.39, 0.29) is 16.9 Å². The van der Waals surface area contributed by atoms with E-state index in [4.69, 9.17) is 14.2 Å². The Morgan fingerprint density at radius 1 is 0.721 bits per heavy atom. The van der Waals surface area contributed by atoms with E-state index in [0.717, 1.165) is 24.3 Å². The van der Waals surface area contributed by atoms with Crippen molar-refractivity contribution < 1.29 is 65.5 Å². The summed E-state index contributed by atoms with van der Waals surface area (Å²) in [5.74, 6) is -15.2. The lowest BCUT2D eigenvalue weighted by atomic mass is 9.93. The molecule has 5 rings (SSSR count). The molecule has 1 aliphatic heterocycles. The lowest BCUT2D eigenvalue weighted by Gasteiger charge is -2.34. The molecule has 14 heteroatoms. The Labute approximate surface area is 236 Å². The number of aromatic hydroxyl groups is 3. The summed E-state index contributed by atoms with van der Waals surface area (Å²) in [4.78, 5) is 25.6. The zero-order valence-electron chi connectivity index (χ0n) is 21.2. The minimum absolute atomic E-state index is 0.0391. The van der Waals surface area contributed by atoms with Crippen molar-refractivity contribution >= 4 is 11.9 Å². The molecule has 0 radical (unpaired) electrons. The zero-order chi connectivity index (χ0) is 31.2. The van der Waals surface area contributed by atoms with Crippen molar-refractivity contribution in [2.45, 2.75) is 18.6 Å². The molecular formula is C29H16F6O8. The molecule has 0 unspecified atom stereocenters. The second-order valence-corrected chi connectivity index (χ2v) is 9.25. The minimum atomic E-state index is -1.82. The molecule has 2 atom stereocenters. The summed E-state index contributed by atoms with van der Waals surface area (Å²) < 4.78 is 98.3. The van der Waals surface area contributed by atoms with Crippen LogP contribution in [0, 0.1) is 34.9 Å². The number of hydrogen-bond donors (Lipinski definition) is 3. The smallest absolute Gasteiger partial charge is 0.343 e. The molecule has 1 heterocycles. The molecule has 0 aliphatic carbocycles. The van der Waals surface area contributed by atoms with Crippen LogP contribution >= 0.6 is 0 Å². The largest absolute Gasteiger partial charge is 0.508 e. The first-order valence-corrected chi connectivity index (χ1v) is 12.1. The first-order chi connectivity index (χ1) is 20.3. The van der Waals surface area contributed by atoms with Crippen LogP contribution in [0.25, 0.3) is 0 Å². The van der Waals surface area contributed by atoms with Gasteiger partial charge in [0.15, 0.2) is 52.5 Å². The highest BCUT2D eigenvalue weighted by Crippen LogP contribution is 2.44. The number of carbonyl (C=O) groups excluding carboxylic acids is 2. The fraction of sp³-hybridized carbons (Fsp3) is 0.103. The van der Waals surface area contributed by atoms with Crippen LogP contribution in [0.2, 0.25) is 0 Å². The van der Waals surface area contributed by atoms with E-state index < -0.39 is 99.6 Å². The number of phenols is 3. The van der Waals surface area contributed by atoms with Crippen LogP contribution in [-0.4, -0.2) is 33.4 Å². The second-order valence-electron chi connectivity index (χ2n) is 9.25. The van der Waals surface area contributed by atoms with E-state index in [1.165, 1.54) is 6.07 Å². The van der Waals surface area contributed by atoms with Gasteiger partial charge in [-0.3, -0.25) is 0 Å². The molecule has 0 amide bonds. The van der Waals surface area contributed by atoms with Crippen molar-refractivity contribution in [3.63, 3.8) is 0 Å². The van der Waals surface area contributed by atoms with Crippen LogP contribution < -0.4 is 9.47 Å². The number of ether oxygens (including phenoxy) is 3. The lowest BCUT2D eigenvalue weighted by Crippen LogP contribution is -2.35. The first kappa shape index (κ1) is 29.1. The number of fused-ring (bicyclic) bond motifs is 1. The topological polar surface area (TPSA) is 123 Å². The van der Waals surface area contributed by atoms with Gasteiger partial charge < -0.3 is 29.5 Å². The van der Waals surface area contributed by atoms with Crippen LogP contribution in [0.5, 0.6) is 28.7 Å². The maximum Gasteiger partial charge on any atom is 0.343 e. The van der Waals surface area contributed by atoms with Gasteiger partial charge in [-0.15, -0.1) is 0 Å². The summed E-state index contributed by atoms with van der Waals surface area (Å²) in [5, 5.41) is 30.0. The second kappa shape index (κ2) is 11.1. The number of benzene rings is 4. The minimum Gasteiger partial charge on any atom is -0.508 e. The molecule has 3 N–H and O–H groups in total. The van der Waals surface area contributed by atoms with E-state index in [1.807, 2.05) is 0 Å². The average molecular weight is 606 g/mol. The third kappa shape index (κ3) is 5.71. The van der Waals surface area contributed by atoms with Gasteiger partial charge in [-0.2, -0.15) is 0 Å². The Kier molecular flexibility index (Phi) is 7.52. The number of carbonyl (C=O) groups is 2. The molecule has 0 aromatic heterocycles. The molecule has 4 aromatic rings. The van der Waals surface area contributed by atoms with Gasteiger partial charge in [0.05, 0.1) is 11.1 Å². The van der Waals surface area contributed by atoms with Crippen molar-refractivity contribution in [1.29, 1.82) is 0 Å². The van der Waals surface area contributed by atoms with Crippen molar-refractivity contribution in [1.82, 2.24) is 0 Å². The molecule has 0 spiro atoms. The van der Waals surface area contributed by atoms with Crippen LogP contribution in [0.3, 0.4) is 0 Å². The third-order valence-electron chi connectivity index (χ3n) is 6.38. The molecule has 0 fully saturated rings. The van der Waals surface area contributed by atoms with Gasteiger partial charge in [-0.25, -0.2) is 35.9 Å². The van der Waals surface area contributed by atoms with E-state index in [1.54, 1.807) is 0 Å². The summed E-state index contributed by atoms with van der Waals surface area (Å²) >= 11 is 0. The highest BCUT2D eigenvalue weighted by molar-refractivity contribution is 5.91. The Bertz CT molecular complexity index is 1750. The Hall–Kier alpha value is -5.40. The zero-order valence-corrected chi connectivity index (χ0v) is 21.2. The van der Waals surface area contributed by atoms with E-state index >= 15 is 0 Å². The molecular weight excluding hydrogens is 590 g/mol. The number of esters is 2. The lowest BCUT2D eigenvalue weighted by molar-refractivity contribution is -0.0190. The Balaban J connectivity index is 1.53. The van der Waals surface area contributed by atoms with Gasteiger partial charge in [-0.1, -0.05) is 6.07 Å². The van der Waals surface area contributed by atoms with Gasteiger partial charge in [0.25, 0.3) is 0 Å². The molecule has 0 bridgehead atoms. The molecule has 8 nitrogen and oxygen atoms in total. The predicted octanol–water partition coefficient (Wildman–Crippen LogP) is 5.76. The van der Waals surface area contributed by atoms with Gasteiger partial charge >= 0.3 is 11.9 Å². The van der Waals surface area contributed by atoms with E-state index in [2.05, 4.69) is 0 Å². The molecule has 4 aromatic carbocycles. The molecule has 43 heavy (non-hydrogen) atoms. The number of hydrogen-bond acceptors (Lipinski definition) is 8. The van der Waals surface area contributed by atoms with E-state index in [0.29, 0.717) is 24.3 Å². The summed E-state index contributed by atoms with van der Waals surface area (Å²) in [7, 11) is 0. The van der Waals surface area contributed by atoms with Crippen molar-refractivity contribution in [3.8, 4) is 28.7 Å². The normalized spacial score (nSPS) is 15.8. The fourth-order valence-electron chi connectivity index (χ4n) is 4.34. The Morgan fingerprint density at radius 3 is 1.84 bits per heavy atom. The SMILES string of the molecule is O=C(Oc1cc(O)cc2c1C[C@H](OC(=O)c1cc(F)c(F)c(F)c1)[C@@H](c1ccc(O)c(O)c1)O2)c1cc(F)c(F)c(F)c1. The van der Waals surface area contributed by atoms with Crippen LogP contribution in [0.15, 0.2) is 54.6 Å². The van der Waals surface area contributed by atoms with Crippen molar-refractivity contribution in [3.05, 3.63) is 112 Å². The van der Waals surface area contributed by atoms with Crippen LogP contribution in [-0.2, 0) is 11.2 Å². The van der Waals surface area contributed by atoms with Gasteiger partial charge in [-0.05, 0) is 36.4 Å².